The minimum atomic E-state index is 1.37. The Balaban J connectivity index is 3.00. The number of unbranched alkanes of at least 4 members (excludes halogenated alkanes) is 28. The quantitative estimate of drug-likeness (QED) is 0.0597. The zero-order valence-electron chi connectivity index (χ0n) is 25.4. The maximum absolute atomic E-state index is 2.31. The molecule has 0 aliphatic heterocycles. The molecule has 0 aliphatic rings. The van der Waals surface area contributed by atoms with Crippen molar-refractivity contribution in [3.8, 4) is 0 Å². The van der Waals surface area contributed by atoms with Crippen LogP contribution in [0.2, 0.25) is 0 Å². The largest absolute Gasteiger partial charge is 0.0942 e. The summed E-state index contributed by atoms with van der Waals surface area (Å²) in [4.78, 5) is 0. The molecule has 0 aliphatic carbocycles. The van der Waals surface area contributed by atoms with Gasteiger partial charge in [0.1, 0.15) is 0 Å². The highest BCUT2D eigenvalue weighted by Gasteiger charge is 1.97. The van der Waals surface area contributed by atoms with Crippen molar-refractivity contribution in [2.24, 2.45) is 0 Å². The second-order valence-electron chi connectivity index (χ2n) is 11.5. The van der Waals surface area contributed by atoms with E-state index < -0.39 is 0 Å². The van der Waals surface area contributed by atoms with Gasteiger partial charge in [-0.25, -0.2) is 0 Å². The van der Waals surface area contributed by atoms with Crippen molar-refractivity contribution in [3.05, 3.63) is 0 Å². The summed E-state index contributed by atoms with van der Waals surface area (Å²) in [6, 6.07) is 0. The summed E-state index contributed by atoms with van der Waals surface area (Å²) in [5.74, 6) is 2.75. The van der Waals surface area contributed by atoms with Gasteiger partial charge in [0.15, 0.2) is 0 Å². The third kappa shape index (κ3) is 34.7. The van der Waals surface area contributed by atoms with Gasteiger partial charge in [-0.3, -0.25) is 0 Å². The van der Waals surface area contributed by atoms with Gasteiger partial charge >= 0.3 is 0 Å². The Labute approximate surface area is 238 Å². The van der Waals surface area contributed by atoms with Crippen molar-refractivity contribution in [3.63, 3.8) is 0 Å². The SMILES string of the molecule is CCCCCCCCCCCCCCCCCCSSCCCCCCCCCCCCCCCC. The second-order valence-corrected chi connectivity index (χ2v) is 14.2. The fourth-order valence-corrected chi connectivity index (χ4v) is 7.48. The molecule has 0 N–H and O–H groups in total. The van der Waals surface area contributed by atoms with Gasteiger partial charge in [0.05, 0.1) is 0 Å². The Morgan fingerprint density at radius 1 is 0.222 bits per heavy atom. The van der Waals surface area contributed by atoms with Crippen molar-refractivity contribution in [1.82, 2.24) is 0 Å². The fourth-order valence-electron chi connectivity index (χ4n) is 5.18. The van der Waals surface area contributed by atoms with E-state index in [1.807, 2.05) is 0 Å². The molecule has 0 rings (SSSR count). The van der Waals surface area contributed by atoms with Crippen LogP contribution in [0.15, 0.2) is 0 Å². The predicted molar refractivity (Wildman–Crippen MR) is 175 cm³/mol. The van der Waals surface area contributed by atoms with Crippen LogP contribution in [-0.4, -0.2) is 11.5 Å². The van der Waals surface area contributed by atoms with Gasteiger partial charge in [-0.05, 0) is 12.8 Å². The summed E-state index contributed by atoms with van der Waals surface area (Å²) in [5.41, 5.74) is 0. The lowest BCUT2D eigenvalue weighted by molar-refractivity contribution is 0.532. The normalized spacial score (nSPS) is 11.5. The van der Waals surface area contributed by atoms with Crippen LogP contribution in [0.1, 0.15) is 206 Å². The molecular formula is C34H70S2. The van der Waals surface area contributed by atoms with Crippen molar-refractivity contribution < 1.29 is 0 Å². The highest BCUT2D eigenvalue weighted by molar-refractivity contribution is 8.76. The van der Waals surface area contributed by atoms with E-state index in [4.69, 9.17) is 0 Å². The first-order chi connectivity index (χ1) is 17.9. The van der Waals surface area contributed by atoms with E-state index in [1.54, 1.807) is 0 Å². The molecule has 0 atom stereocenters. The lowest BCUT2D eigenvalue weighted by Gasteiger charge is -2.04. The third-order valence-electron chi connectivity index (χ3n) is 7.75. The molecule has 0 bridgehead atoms. The lowest BCUT2D eigenvalue weighted by atomic mass is 10.0. The van der Waals surface area contributed by atoms with Gasteiger partial charge < -0.3 is 0 Å². The van der Waals surface area contributed by atoms with Crippen LogP contribution < -0.4 is 0 Å². The molecule has 0 amide bonds. The molecule has 0 spiro atoms. The lowest BCUT2D eigenvalue weighted by Crippen LogP contribution is -1.85. The van der Waals surface area contributed by atoms with Crippen molar-refractivity contribution in [2.75, 3.05) is 11.5 Å². The molecule has 2 heteroatoms. The fraction of sp³-hybridized carbons (Fsp3) is 1.00. The molecule has 218 valence electrons. The first kappa shape index (κ1) is 36.7. The van der Waals surface area contributed by atoms with E-state index in [0.29, 0.717) is 0 Å². The zero-order valence-corrected chi connectivity index (χ0v) is 27.1. The predicted octanol–water partition coefficient (Wildman–Crippen LogP) is 14.1. The molecule has 0 fully saturated rings. The van der Waals surface area contributed by atoms with Crippen molar-refractivity contribution >= 4 is 21.6 Å². The highest BCUT2D eigenvalue weighted by atomic mass is 33.1. The molecule has 0 nitrogen and oxygen atoms in total. The molecule has 0 heterocycles. The average Bonchev–Trinajstić information content (AvgIpc) is 2.89. The molecule has 36 heavy (non-hydrogen) atoms. The molecule has 0 saturated carbocycles. The Morgan fingerprint density at radius 2 is 0.389 bits per heavy atom. The molecule has 0 saturated heterocycles. The Kier molecular flexibility index (Phi) is 36.4. The summed E-state index contributed by atoms with van der Waals surface area (Å²) in [5, 5.41) is 0. The summed E-state index contributed by atoms with van der Waals surface area (Å²) >= 11 is 0. The monoisotopic (exact) mass is 542 g/mol. The van der Waals surface area contributed by atoms with Gasteiger partial charge in [-0.15, -0.1) is 0 Å². The third-order valence-corrected chi connectivity index (χ3v) is 10.3. The topological polar surface area (TPSA) is 0 Å². The minimum Gasteiger partial charge on any atom is -0.0942 e. The van der Waals surface area contributed by atoms with Crippen LogP contribution in [0, 0.1) is 0 Å². The first-order valence-electron chi connectivity index (χ1n) is 17.2. The van der Waals surface area contributed by atoms with E-state index in [1.165, 1.54) is 204 Å². The van der Waals surface area contributed by atoms with Gasteiger partial charge in [0, 0.05) is 11.5 Å². The molecule has 0 radical (unpaired) electrons. The minimum absolute atomic E-state index is 1.37. The van der Waals surface area contributed by atoms with E-state index in [0.717, 1.165) is 0 Å². The van der Waals surface area contributed by atoms with Crippen LogP contribution in [-0.2, 0) is 0 Å². The van der Waals surface area contributed by atoms with Crippen molar-refractivity contribution in [1.29, 1.82) is 0 Å². The van der Waals surface area contributed by atoms with Gasteiger partial charge in [0.2, 0.25) is 0 Å². The molecular weight excluding hydrogens is 473 g/mol. The molecule has 0 aromatic rings. The number of hydrogen-bond acceptors (Lipinski definition) is 2. The van der Waals surface area contributed by atoms with Gasteiger partial charge in [0.25, 0.3) is 0 Å². The second kappa shape index (κ2) is 35.7. The van der Waals surface area contributed by atoms with E-state index in [2.05, 4.69) is 35.4 Å². The highest BCUT2D eigenvalue weighted by Crippen LogP contribution is 2.25. The maximum Gasteiger partial charge on any atom is 0.00369 e. The first-order valence-corrected chi connectivity index (χ1v) is 19.6. The van der Waals surface area contributed by atoms with Crippen LogP contribution in [0.25, 0.3) is 0 Å². The summed E-state index contributed by atoms with van der Waals surface area (Å²) in [6.07, 6.45) is 44.0. The van der Waals surface area contributed by atoms with Crippen LogP contribution in [0.3, 0.4) is 0 Å². The van der Waals surface area contributed by atoms with Gasteiger partial charge in [-0.1, -0.05) is 215 Å². The number of rotatable bonds is 33. The van der Waals surface area contributed by atoms with E-state index >= 15 is 0 Å². The van der Waals surface area contributed by atoms with Crippen molar-refractivity contribution in [2.45, 2.75) is 206 Å². The van der Waals surface area contributed by atoms with E-state index in [9.17, 15) is 0 Å². The standard InChI is InChI=1S/C34H70S2/c1-3-5-7-9-11-13-15-17-19-20-22-24-26-28-30-32-34-36-35-33-31-29-27-25-23-21-18-16-14-12-10-8-6-4-2/h3-34H2,1-2H3. The smallest absolute Gasteiger partial charge is 0.00369 e. The number of hydrogen-bond donors (Lipinski definition) is 0. The summed E-state index contributed by atoms with van der Waals surface area (Å²) in [6.45, 7) is 4.61. The molecule has 0 aromatic carbocycles. The zero-order chi connectivity index (χ0) is 26.0. The summed E-state index contributed by atoms with van der Waals surface area (Å²) < 4.78 is 0. The average molecular weight is 543 g/mol. The Hall–Kier alpha value is 0.700. The molecule has 0 aromatic heterocycles. The van der Waals surface area contributed by atoms with E-state index in [-0.39, 0.29) is 0 Å². The Morgan fingerprint density at radius 3 is 0.583 bits per heavy atom. The van der Waals surface area contributed by atoms with Gasteiger partial charge in [-0.2, -0.15) is 0 Å². The maximum atomic E-state index is 2.31. The Bertz CT molecular complexity index is 323. The van der Waals surface area contributed by atoms with Crippen LogP contribution in [0.4, 0.5) is 0 Å². The van der Waals surface area contributed by atoms with Crippen LogP contribution in [0.5, 0.6) is 0 Å². The van der Waals surface area contributed by atoms with Crippen LogP contribution >= 0.6 is 21.6 Å². The molecule has 0 unspecified atom stereocenters. The summed E-state index contributed by atoms with van der Waals surface area (Å²) in [7, 11) is 4.28.